The number of amides is 2. The first kappa shape index (κ1) is 29.0. The fourth-order valence-corrected chi connectivity index (χ4v) is 4.00. The van der Waals surface area contributed by atoms with Crippen LogP contribution < -0.4 is 16.1 Å². The zero-order valence-corrected chi connectivity index (χ0v) is 22.8. The lowest BCUT2D eigenvalue weighted by atomic mass is 9.94. The quantitative estimate of drug-likeness (QED) is 0.342. The molecule has 0 saturated heterocycles. The van der Waals surface area contributed by atoms with Crippen molar-refractivity contribution < 1.29 is 22.8 Å². The lowest BCUT2D eigenvalue weighted by molar-refractivity contribution is -0.145. The van der Waals surface area contributed by atoms with Crippen molar-refractivity contribution in [3.8, 4) is 11.8 Å². The minimum atomic E-state index is -4.76. The second-order valence-corrected chi connectivity index (χ2v) is 10.3. The first-order valence-corrected chi connectivity index (χ1v) is 12.3. The lowest BCUT2D eigenvalue weighted by Crippen LogP contribution is -2.41. The average molecular weight is 563 g/mol. The van der Waals surface area contributed by atoms with Crippen molar-refractivity contribution in [1.82, 2.24) is 35.3 Å². The number of rotatable bonds is 6. The van der Waals surface area contributed by atoms with Gasteiger partial charge in [0.25, 0.3) is 17.6 Å². The Morgan fingerprint density at radius 3 is 2.39 bits per heavy atom. The van der Waals surface area contributed by atoms with Crippen LogP contribution in [0.2, 0.25) is 0 Å². The van der Waals surface area contributed by atoms with Crippen LogP contribution in [0.1, 0.15) is 64.3 Å². The molecule has 0 fully saturated rings. The van der Waals surface area contributed by atoms with Crippen LogP contribution in [0.4, 0.5) is 18.9 Å². The van der Waals surface area contributed by atoms with Crippen LogP contribution in [0.25, 0.3) is 5.69 Å². The molecule has 0 atom stereocenters. The van der Waals surface area contributed by atoms with Gasteiger partial charge in [-0.3, -0.25) is 9.59 Å². The van der Waals surface area contributed by atoms with Crippen LogP contribution in [-0.2, 0) is 12.7 Å². The highest BCUT2D eigenvalue weighted by Crippen LogP contribution is 2.26. The summed E-state index contributed by atoms with van der Waals surface area (Å²) in [5.74, 6) is -2.53. The highest BCUT2D eigenvalue weighted by molar-refractivity contribution is 6.34. The fraction of sp³-hybridized carbons (Fsp3) is 0.269. The Bertz CT molecular complexity index is 1680. The summed E-state index contributed by atoms with van der Waals surface area (Å²) in [6.07, 6.45) is -4.76. The number of hydrogen-bond donors (Lipinski definition) is 2. The predicted molar refractivity (Wildman–Crippen MR) is 145 cm³/mol. The summed E-state index contributed by atoms with van der Waals surface area (Å²) in [7, 11) is 1.81. The minimum Gasteiger partial charge on any atom is -0.347 e. The molecule has 11 nitrogen and oxygen atoms in total. The Balaban J connectivity index is 1.76. The van der Waals surface area contributed by atoms with E-state index in [-0.39, 0.29) is 34.7 Å². The van der Waals surface area contributed by atoms with Gasteiger partial charge in [0, 0.05) is 5.54 Å². The number of carbonyl (C=O) groups excluding carboxylic acids is 2. The van der Waals surface area contributed by atoms with E-state index < -0.39 is 29.4 Å². The molecule has 2 N–H and O–H groups in total. The van der Waals surface area contributed by atoms with Gasteiger partial charge in [0.2, 0.25) is 0 Å². The molecule has 0 bridgehead atoms. The molecule has 15 heteroatoms. The number of tetrazole rings is 1. The number of nitriles is 1. The molecule has 0 spiro atoms. The molecule has 0 aliphatic carbocycles. The predicted octanol–water partition coefficient (Wildman–Crippen LogP) is 2.14. The van der Waals surface area contributed by atoms with E-state index in [4.69, 9.17) is 0 Å². The smallest absolute Gasteiger partial charge is 0.347 e. The van der Waals surface area contributed by atoms with E-state index in [1.165, 1.54) is 16.8 Å². The standard InChI is InChI=1S/C26H25BF3N9O2/c1-14-9-15(12-31)10-17(22(40)33-25(2,3)4)21(14)32-23(41)20-11-16(13-38-36-24(34-37-38)26(28,29)30)35-39(20)19-8-6-5-7-18(19)27/h5-11H,13,27H2,1-4H3,(H,32,41)(H,33,40). The number of halogens is 3. The third-order valence-corrected chi connectivity index (χ3v) is 5.78. The molecule has 4 rings (SSSR count). The summed E-state index contributed by atoms with van der Waals surface area (Å²) in [5, 5.41) is 29.3. The van der Waals surface area contributed by atoms with E-state index in [1.807, 2.05) is 20.0 Å². The number of alkyl halides is 3. The zero-order chi connectivity index (χ0) is 30.1. The van der Waals surface area contributed by atoms with E-state index in [0.29, 0.717) is 11.3 Å². The number of para-hydroxylation sites is 1. The van der Waals surface area contributed by atoms with Crippen molar-refractivity contribution in [2.24, 2.45) is 0 Å². The molecule has 2 heterocycles. The van der Waals surface area contributed by atoms with Gasteiger partial charge in [-0.2, -0.15) is 28.3 Å². The van der Waals surface area contributed by atoms with E-state index in [9.17, 15) is 28.0 Å². The molecule has 4 aromatic rings. The van der Waals surface area contributed by atoms with Crippen molar-refractivity contribution in [2.75, 3.05) is 5.32 Å². The first-order valence-electron chi connectivity index (χ1n) is 12.3. The number of benzene rings is 2. The highest BCUT2D eigenvalue weighted by atomic mass is 19.4. The summed E-state index contributed by atoms with van der Waals surface area (Å²) in [4.78, 5) is 27.6. The van der Waals surface area contributed by atoms with Crippen LogP contribution in [0.3, 0.4) is 0 Å². The van der Waals surface area contributed by atoms with Crippen molar-refractivity contribution in [2.45, 2.75) is 46.0 Å². The van der Waals surface area contributed by atoms with Crippen LogP contribution in [-0.4, -0.2) is 55.2 Å². The third-order valence-electron chi connectivity index (χ3n) is 5.78. The van der Waals surface area contributed by atoms with Gasteiger partial charge in [-0.25, -0.2) is 4.68 Å². The Morgan fingerprint density at radius 2 is 1.78 bits per heavy atom. The summed E-state index contributed by atoms with van der Waals surface area (Å²) >= 11 is 0. The molecule has 210 valence electrons. The monoisotopic (exact) mass is 563 g/mol. The Hall–Kier alpha value is -5.00. The van der Waals surface area contributed by atoms with E-state index in [0.717, 1.165) is 10.3 Å². The summed E-state index contributed by atoms with van der Waals surface area (Å²) in [6.45, 7) is 6.76. The normalized spacial score (nSPS) is 11.7. The van der Waals surface area contributed by atoms with E-state index in [2.05, 4.69) is 31.1 Å². The molecule has 0 saturated carbocycles. The fourth-order valence-electron chi connectivity index (χ4n) is 4.00. The van der Waals surface area contributed by atoms with Crippen molar-refractivity contribution in [3.05, 3.63) is 76.4 Å². The van der Waals surface area contributed by atoms with Crippen molar-refractivity contribution in [1.29, 1.82) is 5.26 Å². The molecule has 2 aromatic heterocycles. The molecular formula is C26H25BF3N9O2. The van der Waals surface area contributed by atoms with E-state index in [1.54, 1.807) is 52.0 Å². The highest BCUT2D eigenvalue weighted by Gasteiger charge is 2.37. The van der Waals surface area contributed by atoms with Gasteiger partial charge in [0.05, 0.1) is 34.3 Å². The van der Waals surface area contributed by atoms with Gasteiger partial charge >= 0.3 is 6.18 Å². The van der Waals surface area contributed by atoms with Gasteiger partial charge in [0.15, 0.2) is 0 Å². The minimum absolute atomic E-state index is 0.0383. The number of carbonyl (C=O) groups is 2. The maximum absolute atomic E-state index is 13.7. The first-order chi connectivity index (χ1) is 19.2. The molecule has 0 unspecified atom stereocenters. The van der Waals surface area contributed by atoms with Gasteiger partial charge < -0.3 is 10.6 Å². The number of nitrogens with zero attached hydrogens (tertiary/aromatic N) is 7. The maximum atomic E-state index is 13.7. The largest absolute Gasteiger partial charge is 0.455 e. The summed E-state index contributed by atoms with van der Waals surface area (Å²) < 4.78 is 40.2. The topological polar surface area (TPSA) is 143 Å². The molecule has 2 amide bonds. The van der Waals surface area contributed by atoms with Crippen molar-refractivity contribution in [3.63, 3.8) is 0 Å². The number of hydrogen-bond acceptors (Lipinski definition) is 7. The zero-order valence-electron chi connectivity index (χ0n) is 22.8. The Morgan fingerprint density at radius 1 is 1.07 bits per heavy atom. The molecule has 0 aliphatic rings. The van der Waals surface area contributed by atoms with E-state index >= 15 is 0 Å². The van der Waals surface area contributed by atoms with Crippen LogP contribution >= 0.6 is 0 Å². The second-order valence-electron chi connectivity index (χ2n) is 10.3. The number of nitrogens with one attached hydrogen (secondary N) is 2. The SMILES string of the molecule is Bc1ccccc1-n1nc(Cn2nnc(C(F)(F)F)n2)cc1C(=O)Nc1c(C)cc(C#N)cc1C(=O)NC(C)(C)C. The van der Waals surface area contributed by atoms with Crippen molar-refractivity contribution >= 4 is 30.8 Å². The number of aromatic nitrogens is 6. The molecule has 0 radical (unpaired) electrons. The lowest BCUT2D eigenvalue weighted by Gasteiger charge is -2.22. The van der Waals surface area contributed by atoms with Crippen LogP contribution in [0.5, 0.6) is 0 Å². The summed E-state index contributed by atoms with van der Waals surface area (Å²) in [5.41, 5.74) is 1.97. The summed E-state index contributed by atoms with van der Waals surface area (Å²) in [6, 6.07) is 13.4. The van der Waals surface area contributed by atoms with Gasteiger partial charge in [-0.15, -0.1) is 10.2 Å². The van der Waals surface area contributed by atoms with Gasteiger partial charge in [-0.1, -0.05) is 23.7 Å². The molecule has 41 heavy (non-hydrogen) atoms. The molecule has 2 aromatic carbocycles. The number of anilines is 1. The third kappa shape index (κ3) is 6.60. The second kappa shape index (κ2) is 10.9. The molecule has 0 aliphatic heterocycles. The van der Waals surface area contributed by atoms with Gasteiger partial charge in [-0.05, 0) is 62.7 Å². The van der Waals surface area contributed by atoms with Gasteiger partial charge in [0.1, 0.15) is 20.1 Å². The number of aryl methyl sites for hydroxylation is 1. The Labute approximate surface area is 233 Å². The average Bonchev–Trinajstić information content (AvgIpc) is 3.52. The van der Waals surface area contributed by atoms with Crippen LogP contribution in [0, 0.1) is 18.3 Å². The Kier molecular flexibility index (Phi) is 7.69. The maximum Gasteiger partial charge on any atom is 0.455 e. The van der Waals surface area contributed by atoms with Crippen LogP contribution in [0.15, 0.2) is 42.5 Å². The molecular weight excluding hydrogens is 538 g/mol.